The molecule has 0 bridgehead atoms. The quantitative estimate of drug-likeness (QED) is 0.526. The summed E-state index contributed by atoms with van der Waals surface area (Å²) >= 11 is 1.23. The second kappa shape index (κ2) is 7.67. The highest BCUT2D eigenvalue weighted by molar-refractivity contribution is 7.17. The van der Waals surface area contributed by atoms with Crippen LogP contribution in [0.1, 0.15) is 31.9 Å². The van der Waals surface area contributed by atoms with Crippen molar-refractivity contribution in [1.29, 1.82) is 0 Å². The number of rotatable bonds is 5. The summed E-state index contributed by atoms with van der Waals surface area (Å²) in [5.74, 6) is 0.116. The molecule has 140 valence electrons. The predicted molar refractivity (Wildman–Crippen MR) is 108 cm³/mol. The molecule has 0 fully saturated rings. The summed E-state index contributed by atoms with van der Waals surface area (Å²) in [4.78, 5) is 17.2. The van der Waals surface area contributed by atoms with E-state index in [0.29, 0.717) is 27.8 Å². The Bertz CT molecular complexity index is 998. The molecule has 0 saturated heterocycles. The number of nitrogens with zero attached hydrogens (tertiary/aromatic N) is 1. The monoisotopic (exact) mass is 383 g/mol. The molecule has 0 aliphatic carbocycles. The second-order valence-corrected chi connectivity index (χ2v) is 7.35. The van der Waals surface area contributed by atoms with Crippen LogP contribution in [-0.2, 0) is 6.54 Å². The van der Waals surface area contributed by atoms with Gasteiger partial charge in [0.15, 0.2) is 5.13 Å². The summed E-state index contributed by atoms with van der Waals surface area (Å²) in [6.45, 7) is 5.88. The standard InChI is InChI=1S/C20H21N3O3S/c1-11-7-8-15(24)13(3)17(11)23-19(26)16-10-22-20(27-16)21-9-14-6-4-5-12(2)18(14)25/h4-8,10,24-25H,9H2,1-3H3,(H,21,22)(H,23,26). The fraction of sp³-hybridized carbons (Fsp3) is 0.200. The van der Waals surface area contributed by atoms with Crippen LogP contribution in [0.15, 0.2) is 36.5 Å². The summed E-state index contributed by atoms with van der Waals surface area (Å²) in [5.41, 5.74) is 3.68. The van der Waals surface area contributed by atoms with Gasteiger partial charge in [0, 0.05) is 17.7 Å². The Morgan fingerprint density at radius 3 is 2.67 bits per heavy atom. The Morgan fingerprint density at radius 2 is 1.89 bits per heavy atom. The zero-order valence-corrected chi connectivity index (χ0v) is 16.1. The second-order valence-electron chi connectivity index (χ2n) is 6.32. The van der Waals surface area contributed by atoms with Crippen LogP contribution in [0.4, 0.5) is 10.8 Å². The van der Waals surface area contributed by atoms with Crippen molar-refractivity contribution in [3.05, 3.63) is 63.7 Å². The van der Waals surface area contributed by atoms with E-state index in [2.05, 4.69) is 15.6 Å². The molecular weight excluding hydrogens is 362 g/mol. The molecule has 0 aliphatic rings. The van der Waals surface area contributed by atoms with Crippen molar-refractivity contribution in [1.82, 2.24) is 4.98 Å². The number of aromatic hydroxyl groups is 2. The fourth-order valence-electron chi connectivity index (χ4n) is 2.70. The molecule has 3 rings (SSSR count). The molecule has 0 atom stereocenters. The lowest BCUT2D eigenvalue weighted by Crippen LogP contribution is -2.12. The number of nitrogens with one attached hydrogen (secondary N) is 2. The van der Waals surface area contributed by atoms with Crippen molar-refractivity contribution in [2.75, 3.05) is 10.6 Å². The summed E-state index contributed by atoms with van der Waals surface area (Å²) in [6, 6.07) is 8.93. The van der Waals surface area contributed by atoms with Crippen LogP contribution in [0, 0.1) is 20.8 Å². The van der Waals surface area contributed by atoms with Gasteiger partial charge < -0.3 is 20.8 Å². The maximum atomic E-state index is 12.5. The van der Waals surface area contributed by atoms with E-state index in [1.54, 1.807) is 19.1 Å². The largest absolute Gasteiger partial charge is 0.508 e. The number of carbonyl (C=O) groups excluding carboxylic acids is 1. The average Bonchev–Trinajstić information content (AvgIpc) is 3.12. The topological polar surface area (TPSA) is 94.5 Å². The minimum absolute atomic E-state index is 0.139. The normalized spacial score (nSPS) is 10.6. The third-order valence-electron chi connectivity index (χ3n) is 4.36. The highest BCUT2D eigenvalue weighted by Gasteiger charge is 2.15. The van der Waals surface area contributed by atoms with Crippen LogP contribution in [-0.4, -0.2) is 21.1 Å². The van der Waals surface area contributed by atoms with Crippen LogP contribution >= 0.6 is 11.3 Å². The molecule has 1 aromatic heterocycles. The molecule has 0 aliphatic heterocycles. The van der Waals surface area contributed by atoms with E-state index < -0.39 is 0 Å². The van der Waals surface area contributed by atoms with Gasteiger partial charge in [0.2, 0.25) is 0 Å². The van der Waals surface area contributed by atoms with Crippen molar-refractivity contribution in [3.8, 4) is 11.5 Å². The van der Waals surface area contributed by atoms with Gasteiger partial charge in [-0.2, -0.15) is 0 Å². The van der Waals surface area contributed by atoms with E-state index in [1.807, 2.05) is 32.0 Å². The van der Waals surface area contributed by atoms with E-state index in [9.17, 15) is 15.0 Å². The Hall–Kier alpha value is -3.06. The number of carbonyl (C=O) groups is 1. The number of thiazole rings is 1. The predicted octanol–water partition coefficient (Wildman–Crippen LogP) is 4.34. The van der Waals surface area contributed by atoms with Crippen LogP contribution < -0.4 is 10.6 Å². The van der Waals surface area contributed by atoms with Gasteiger partial charge in [-0.3, -0.25) is 4.79 Å². The van der Waals surface area contributed by atoms with E-state index >= 15 is 0 Å². The lowest BCUT2D eigenvalue weighted by atomic mass is 10.1. The fourth-order valence-corrected chi connectivity index (χ4v) is 3.40. The van der Waals surface area contributed by atoms with Gasteiger partial charge in [0.1, 0.15) is 16.4 Å². The molecule has 0 saturated carbocycles. The van der Waals surface area contributed by atoms with Gasteiger partial charge in [-0.25, -0.2) is 4.98 Å². The highest BCUT2D eigenvalue weighted by atomic mass is 32.1. The summed E-state index contributed by atoms with van der Waals surface area (Å²) in [7, 11) is 0. The molecule has 7 heteroatoms. The number of anilines is 2. The molecule has 1 amide bonds. The summed E-state index contributed by atoms with van der Waals surface area (Å²) in [6.07, 6.45) is 1.51. The molecule has 2 aromatic carbocycles. The number of amides is 1. The van der Waals surface area contributed by atoms with E-state index in [-0.39, 0.29) is 17.4 Å². The molecule has 3 aromatic rings. The molecule has 27 heavy (non-hydrogen) atoms. The summed E-state index contributed by atoms with van der Waals surface area (Å²) < 4.78 is 0. The first-order chi connectivity index (χ1) is 12.9. The average molecular weight is 383 g/mol. The number of aryl methyl sites for hydroxylation is 2. The number of para-hydroxylation sites is 1. The maximum Gasteiger partial charge on any atom is 0.267 e. The van der Waals surface area contributed by atoms with Crippen molar-refractivity contribution < 1.29 is 15.0 Å². The molecule has 4 N–H and O–H groups in total. The lowest BCUT2D eigenvalue weighted by molar-refractivity contribution is 0.103. The number of phenols is 2. The van der Waals surface area contributed by atoms with Crippen molar-refractivity contribution in [2.45, 2.75) is 27.3 Å². The number of phenolic OH excluding ortho intramolecular Hbond substituents is 2. The molecule has 0 unspecified atom stereocenters. The first-order valence-electron chi connectivity index (χ1n) is 8.44. The number of aromatic nitrogens is 1. The Labute approximate surface area is 161 Å². The van der Waals surface area contributed by atoms with Gasteiger partial charge in [-0.1, -0.05) is 35.6 Å². The first-order valence-corrected chi connectivity index (χ1v) is 9.26. The van der Waals surface area contributed by atoms with Crippen molar-refractivity contribution in [3.63, 3.8) is 0 Å². The smallest absolute Gasteiger partial charge is 0.267 e. The van der Waals surface area contributed by atoms with Gasteiger partial charge in [0.05, 0.1) is 11.9 Å². The van der Waals surface area contributed by atoms with Crippen LogP contribution in [0.25, 0.3) is 0 Å². The Morgan fingerprint density at radius 1 is 1.11 bits per heavy atom. The molecule has 6 nitrogen and oxygen atoms in total. The van der Waals surface area contributed by atoms with E-state index in [0.717, 1.165) is 16.7 Å². The molecule has 0 radical (unpaired) electrons. The number of hydrogen-bond donors (Lipinski definition) is 4. The molecule has 1 heterocycles. The maximum absolute atomic E-state index is 12.5. The van der Waals surface area contributed by atoms with Crippen LogP contribution in [0.5, 0.6) is 11.5 Å². The number of benzene rings is 2. The molecule has 0 spiro atoms. The summed E-state index contributed by atoms with van der Waals surface area (Å²) in [5, 5.41) is 26.5. The minimum Gasteiger partial charge on any atom is -0.508 e. The van der Waals surface area contributed by atoms with Crippen LogP contribution in [0.2, 0.25) is 0 Å². The Balaban J connectivity index is 1.69. The molecular formula is C20H21N3O3S. The van der Waals surface area contributed by atoms with E-state index in [1.165, 1.54) is 17.5 Å². The van der Waals surface area contributed by atoms with Gasteiger partial charge in [-0.15, -0.1) is 0 Å². The zero-order valence-electron chi connectivity index (χ0n) is 15.3. The number of hydrogen-bond acceptors (Lipinski definition) is 6. The first kappa shape index (κ1) is 18.7. The zero-order chi connectivity index (χ0) is 19.6. The van der Waals surface area contributed by atoms with Crippen molar-refractivity contribution >= 4 is 28.1 Å². The Kier molecular flexibility index (Phi) is 5.32. The lowest BCUT2D eigenvalue weighted by Gasteiger charge is -2.12. The van der Waals surface area contributed by atoms with E-state index in [4.69, 9.17) is 0 Å². The SMILES string of the molecule is Cc1cccc(CNc2ncc(C(=O)Nc3c(C)ccc(O)c3C)s2)c1O. The third kappa shape index (κ3) is 4.03. The van der Waals surface area contributed by atoms with Gasteiger partial charge in [-0.05, 0) is 38.0 Å². The van der Waals surface area contributed by atoms with Crippen LogP contribution in [0.3, 0.4) is 0 Å². The van der Waals surface area contributed by atoms with Crippen molar-refractivity contribution in [2.24, 2.45) is 0 Å². The third-order valence-corrected chi connectivity index (χ3v) is 5.32. The van der Waals surface area contributed by atoms with Gasteiger partial charge >= 0.3 is 0 Å². The minimum atomic E-state index is -0.282. The highest BCUT2D eigenvalue weighted by Crippen LogP contribution is 2.29. The van der Waals surface area contributed by atoms with Gasteiger partial charge in [0.25, 0.3) is 5.91 Å².